The summed E-state index contributed by atoms with van der Waals surface area (Å²) in [6, 6.07) is 1.97. The van der Waals surface area contributed by atoms with E-state index in [9.17, 15) is 4.79 Å². The Morgan fingerprint density at radius 2 is 2.30 bits per heavy atom. The third-order valence-electron chi connectivity index (χ3n) is 3.54. The fraction of sp³-hybridized carbons (Fsp3) is 0.714. The van der Waals surface area contributed by atoms with Crippen LogP contribution in [-0.4, -0.2) is 48.7 Å². The van der Waals surface area contributed by atoms with Crippen LogP contribution in [0, 0.1) is 0 Å². The van der Waals surface area contributed by atoms with E-state index < -0.39 is 0 Å². The summed E-state index contributed by atoms with van der Waals surface area (Å²) in [5, 5.41) is 7.19. The summed E-state index contributed by atoms with van der Waals surface area (Å²) in [6.07, 6.45) is 2.93. The van der Waals surface area contributed by atoms with Gasteiger partial charge >= 0.3 is 0 Å². The molecule has 1 fully saturated rings. The zero-order valence-electron chi connectivity index (χ0n) is 12.2. The number of carbonyl (C=O) groups excluding carboxylic acids is 1. The third kappa shape index (κ3) is 3.58. The molecule has 0 aliphatic carbocycles. The number of amides is 1. The van der Waals surface area contributed by atoms with E-state index in [1.807, 2.05) is 4.90 Å². The summed E-state index contributed by atoms with van der Waals surface area (Å²) in [5.74, 6) is 0.544. The van der Waals surface area contributed by atoms with Crippen molar-refractivity contribution in [2.24, 2.45) is 0 Å². The summed E-state index contributed by atoms with van der Waals surface area (Å²) in [5.41, 5.74) is 0.379. The first-order valence-electron chi connectivity index (χ1n) is 7.22. The van der Waals surface area contributed by atoms with Gasteiger partial charge in [-0.25, -0.2) is 0 Å². The maximum absolute atomic E-state index is 12.6. The lowest BCUT2D eigenvalue weighted by atomic mass is 10.0. The Balaban J connectivity index is 2.08. The molecule has 1 aromatic heterocycles. The average Bonchev–Trinajstić information content (AvgIpc) is 2.94. The number of hydrogen-bond acceptors (Lipinski definition) is 5. The molecule has 112 valence electrons. The fourth-order valence-electron chi connectivity index (χ4n) is 2.58. The van der Waals surface area contributed by atoms with Crippen molar-refractivity contribution in [3.05, 3.63) is 17.5 Å². The molecule has 0 atom stereocenters. The molecule has 1 amide bonds. The molecule has 0 aromatic carbocycles. The van der Waals surface area contributed by atoms with Gasteiger partial charge in [0.2, 0.25) is 0 Å². The molecule has 0 spiro atoms. The minimum Gasteiger partial charge on any atom is -0.377 e. The Morgan fingerprint density at radius 1 is 1.55 bits per heavy atom. The summed E-state index contributed by atoms with van der Waals surface area (Å²) in [4.78, 5) is 14.5. The van der Waals surface area contributed by atoms with Crippen molar-refractivity contribution in [1.82, 2.24) is 15.4 Å². The number of ether oxygens (including phenoxy) is 1. The highest BCUT2D eigenvalue weighted by Crippen LogP contribution is 2.16. The zero-order chi connectivity index (χ0) is 14.4. The fourth-order valence-corrected chi connectivity index (χ4v) is 2.58. The highest BCUT2D eigenvalue weighted by atomic mass is 16.5. The highest BCUT2D eigenvalue weighted by Gasteiger charge is 2.27. The molecule has 0 unspecified atom stereocenters. The van der Waals surface area contributed by atoms with E-state index in [2.05, 4.69) is 17.4 Å². The minimum atomic E-state index is -0.0372. The topological polar surface area (TPSA) is 67.6 Å². The number of nitrogens with zero attached hydrogens (tertiary/aromatic N) is 2. The largest absolute Gasteiger partial charge is 0.377 e. The number of rotatable bonds is 6. The van der Waals surface area contributed by atoms with Crippen molar-refractivity contribution in [3.63, 3.8) is 0 Å². The Labute approximate surface area is 119 Å². The second-order valence-electron chi connectivity index (χ2n) is 5.09. The normalized spacial score (nSPS) is 16.3. The van der Waals surface area contributed by atoms with E-state index in [1.165, 1.54) is 0 Å². The zero-order valence-corrected chi connectivity index (χ0v) is 12.2. The molecular formula is C14H23N3O3. The van der Waals surface area contributed by atoms with Crippen LogP contribution in [0.25, 0.3) is 0 Å². The predicted molar refractivity (Wildman–Crippen MR) is 74.4 cm³/mol. The van der Waals surface area contributed by atoms with Gasteiger partial charge in [0, 0.05) is 25.8 Å². The maximum Gasteiger partial charge on any atom is 0.276 e. The molecule has 2 rings (SSSR count). The molecule has 1 aliphatic rings. The molecule has 2 heterocycles. The van der Waals surface area contributed by atoms with E-state index in [1.54, 1.807) is 13.2 Å². The molecular weight excluding hydrogens is 258 g/mol. The van der Waals surface area contributed by atoms with Gasteiger partial charge in [-0.1, -0.05) is 12.1 Å². The second-order valence-corrected chi connectivity index (χ2v) is 5.09. The van der Waals surface area contributed by atoms with E-state index in [4.69, 9.17) is 9.26 Å². The van der Waals surface area contributed by atoms with Gasteiger partial charge in [0.25, 0.3) is 5.91 Å². The summed E-state index contributed by atoms with van der Waals surface area (Å²) in [7, 11) is 1.59. The van der Waals surface area contributed by atoms with Crippen LogP contribution in [-0.2, 0) is 11.3 Å². The van der Waals surface area contributed by atoms with Crippen LogP contribution in [0.3, 0.4) is 0 Å². The molecule has 0 saturated carbocycles. The van der Waals surface area contributed by atoms with Crippen LogP contribution in [0.1, 0.15) is 42.4 Å². The lowest BCUT2D eigenvalue weighted by Crippen LogP contribution is -2.46. The van der Waals surface area contributed by atoms with Crippen LogP contribution < -0.4 is 5.32 Å². The van der Waals surface area contributed by atoms with Gasteiger partial charge in [0.05, 0.1) is 0 Å². The molecule has 1 saturated heterocycles. The van der Waals surface area contributed by atoms with Gasteiger partial charge in [0.15, 0.2) is 11.5 Å². The lowest BCUT2D eigenvalue weighted by Gasteiger charge is -2.34. The van der Waals surface area contributed by atoms with Gasteiger partial charge < -0.3 is 19.5 Å². The monoisotopic (exact) mass is 281 g/mol. The molecule has 1 aromatic rings. The van der Waals surface area contributed by atoms with Crippen LogP contribution in [0.15, 0.2) is 10.6 Å². The van der Waals surface area contributed by atoms with Gasteiger partial charge in [-0.3, -0.25) is 4.79 Å². The summed E-state index contributed by atoms with van der Waals surface area (Å²) >= 11 is 0. The van der Waals surface area contributed by atoms with Gasteiger partial charge in [0.1, 0.15) is 6.61 Å². The predicted octanol–water partition coefficient (Wildman–Crippen LogP) is 1.43. The number of piperidine rings is 1. The first-order valence-corrected chi connectivity index (χ1v) is 7.22. The molecule has 6 heteroatoms. The smallest absolute Gasteiger partial charge is 0.276 e. The molecule has 1 N–H and O–H groups in total. The lowest BCUT2D eigenvalue weighted by molar-refractivity contribution is 0.0631. The minimum absolute atomic E-state index is 0.0372. The van der Waals surface area contributed by atoms with E-state index in [0.717, 1.165) is 38.9 Å². The van der Waals surface area contributed by atoms with Crippen molar-refractivity contribution in [2.45, 2.75) is 38.8 Å². The quantitative estimate of drug-likeness (QED) is 0.854. The second kappa shape index (κ2) is 7.40. The average molecular weight is 281 g/mol. The first-order chi connectivity index (χ1) is 9.76. The van der Waals surface area contributed by atoms with Gasteiger partial charge in [-0.05, 0) is 32.4 Å². The van der Waals surface area contributed by atoms with Crippen LogP contribution in [0.2, 0.25) is 0 Å². The van der Waals surface area contributed by atoms with Crippen molar-refractivity contribution < 1.29 is 14.1 Å². The molecule has 1 aliphatic heterocycles. The molecule has 6 nitrogen and oxygen atoms in total. The van der Waals surface area contributed by atoms with Crippen molar-refractivity contribution in [1.29, 1.82) is 0 Å². The van der Waals surface area contributed by atoms with Crippen molar-refractivity contribution in [3.8, 4) is 0 Å². The standard InChI is InChI=1S/C14H23N3O3/c1-3-8-17(11-4-6-15-7-5-11)14(18)13-9-12(10-19-2)20-16-13/h9,11,15H,3-8,10H2,1-2H3. The van der Waals surface area contributed by atoms with E-state index in [-0.39, 0.29) is 5.91 Å². The maximum atomic E-state index is 12.6. The molecule has 20 heavy (non-hydrogen) atoms. The van der Waals surface area contributed by atoms with Crippen LogP contribution in [0.4, 0.5) is 0 Å². The summed E-state index contributed by atoms with van der Waals surface area (Å²) < 4.78 is 10.1. The highest BCUT2D eigenvalue weighted by molar-refractivity contribution is 5.92. The first kappa shape index (κ1) is 15.0. The number of methoxy groups -OCH3 is 1. The summed E-state index contributed by atoms with van der Waals surface area (Å²) in [6.45, 7) is 5.11. The molecule has 0 radical (unpaired) electrons. The Morgan fingerprint density at radius 3 is 2.95 bits per heavy atom. The third-order valence-corrected chi connectivity index (χ3v) is 3.54. The number of hydrogen-bond donors (Lipinski definition) is 1. The van der Waals surface area contributed by atoms with Crippen molar-refractivity contribution >= 4 is 5.91 Å². The van der Waals surface area contributed by atoms with Crippen molar-refractivity contribution in [2.75, 3.05) is 26.7 Å². The number of carbonyl (C=O) groups is 1. The van der Waals surface area contributed by atoms with Crippen LogP contribution in [0.5, 0.6) is 0 Å². The number of nitrogens with one attached hydrogen (secondary N) is 1. The van der Waals surface area contributed by atoms with E-state index in [0.29, 0.717) is 24.1 Å². The Bertz CT molecular complexity index is 427. The van der Waals surface area contributed by atoms with Gasteiger partial charge in [-0.15, -0.1) is 0 Å². The van der Waals surface area contributed by atoms with Gasteiger partial charge in [-0.2, -0.15) is 0 Å². The van der Waals surface area contributed by atoms with E-state index >= 15 is 0 Å². The Kier molecular flexibility index (Phi) is 5.55. The molecule has 0 bridgehead atoms. The number of aromatic nitrogens is 1. The Hall–Kier alpha value is -1.40. The SMILES string of the molecule is CCCN(C(=O)c1cc(COC)on1)C1CCNCC1. The van der Waals surface area contributed by atoms with Crippen LogP contribution >= 0.6 is 0 Å².